The first-order chi connectivity index (χ1) is 10.0. The minimum absolute atomic E-state index is 0.0192. The Hall–Kier alpha value is -2.14. The third-order valence-electron chi connectivity index (χ3n) is 3.12. The van der Waals surface area contributed by atoms with Crippen LogP contribution in [0.4, 0.5) is 0 Å². The SMILES string of the molecule is C=CCNC(CC(=O)OC)C(=O)c1ccc(OC)cc1C. The number of ketones is 1. The number of esters is 1. The molecule has 1 unspecified atom stereocenters. The van der Waals surface area contributed by atoms with Gasteiger partial charge in [-0.1, -0.05) is 6.08 Å². The molecule has 0 bridgehead atoms. The fourth-order valence-corrected chi connectivity index (χ4v) is 1.96. The fourth-order valence-electron chi connectivity index (χ4n) is 1.96. The van der Waals surface area contributed by atoms with Gasteiger partial charge in [-0.2, -0.15) is 0 Å². The lowest BCUT2D eigenvalue weighted by Crippen LogP contribution is -2.39. The number of Topliss-reactive ketones (excluding diaryl/α,β-unsaturated/α-hetero) is 1. The summed E-state index contributed by atoms with van der Waals surface area (Å²) in [6.45, 7) is 5.86. The predicted molar refractivity (Wildman–Crippen MR) is 80.7 cm³/mol. The zero-order chi connectivity index (χ0) is 15.8. The van der Waals surface area contributed by atoms with Crippen LogP contribution in [0.25, 0.3) is 0 Å². The van der Waals surface area contributed by atoms with Gasteiger partial charge in [-0.15, -0.1) is 6.58 Å². The standard InChI is InChI=1S/C16H21NO4/c1-5-8-17-14(10-15(18)21-4)16(19)13-7-6-12(20-3)9-11(13)2/h5-7,9,14,17H,1,8,10H2,2-4H3. The van der Waals surface area contributed by atoms with Crippen LogP contribution >= 0.6 is 0 Å². The number of carbonyl (C=O) groups is 2. The van der Waals surface area contributed by atoms with Gasteiger partial charge in [-0.3, -0.25) is 9.59 Å². The van der Waals surface area contributed by atoms with E-state index in [1.54, 1.807) is 31.4 Å². The highest BCUT2D eigenvalue weighted by atomic mass is 16.5. The van der Waals surface area contributed by atoms with E-state index in [-0.39, 0.29) is 12.2 Å². The van der Waals surface area contributed by atoms with Gasteiger partial charge in [0, 0.05) is 12.1 Å². The van der Waals surface area contributed by atoms with E-state index in [1.807, 2.05) is 6.92 Å². The number of benzene rings is 1. The number of carbonyl (C=O) groups excluding carboxylic acids is 2. The second kappa shape index (κ2) is 8.21. The van der Waals surface area contributed by atoms with Gasteiger partial charge in [-0.05, 0) is 30.7 Å². The van der Waals surface area contributed by atoms with Gasteiger partial charge in [0.2, 0.25) is 0 Å². The Morgan fingerprint density at radius 3 is 2.62 bits per heavy atom. The molecule has 0 saturated heterocycles. The average Bonchev–Trinajstić information content (AvgIpc) is 2.50. The van der Waals surface area contributed by atoms with Crippen LogP contribution in [0.1, 0.15) is 22.3 Å². The van der Waals surface area contributed by atoms with Crippen LogP contribution in [0.3, 0.4) is 0 Å². The van der Waals surface area contributed by atoms with E-state index in [9.17, 15) is 9.59 Å². The monoisotopic (exact) mass is 291 g/mol. The Labute approximate surface area is 124 Å². The Morgan fingerprint density at radius 2 is 2.10 bits per heavy atom. The minimum atomic E-state index is -0.637. The molecule has 0 aromatic heterocycles. The van der Waals surface area contributed by atoms with Crippen molar-refractivity contribution < 1.29 is 19.1 Å². The van der Waals surface area contributed by atoms with Crippen LogP contribution in [-0.2, 0) is 9.53 Å². The van der Waals surface area contributed by atoms with Crippen molar-refractivity contribution in [3.05, 3.63) is 42.0 Å². The van der Waals surface area contributed by atoms with Crippen molar-refractivity contribution in [2.24, 2.45) is 0 Å². The molecule has 1 N–H and O–H groups in total. The topological polar surface area (TPSA) is 64.6 Å². The summed E-state index contributed by atoms with van der Waals surface area (Å²) >= 11 is 0. The van der Waals surface area contributed by atoms with E-state index in [0.717, 1.165) is 5.56 Å². The van der Waals surface area contributed by atoms with Gasteiger partial charge >= 0.3 is 5.97 Å². The fraction of sp³-hybridized carbons (Fsp3) is 0.375. The Morgan fingerprint density at radius 1 is 1.38 bits per heavy atom. The maximum atomic E-state index is 12.6. The second-order valence-corrected chi connectivity index (χ2v) is 4.57. The lowest BCUT2D eigenvalue weighted by atomic mass is 9.97. The highest BCUT2D eigenvalue weighted by Crippen LogP contribution is 2.19. The number of methoxy groups -OCH3 is 2. The van der Waals surface area contributed by atoms with Crippen LogP contribution in [0.15, 0.2) is 30.9 Å². The summed E-state index contributed by atoms with van der Waals surface area (Å²) in [5, 5.41) is 2.99. The maximum absolute atomic E-state index is 12.6. The van der Waals surface area contributed by atoms with Gasteiger partial charge in [-0.25, -0.2) is 0 Å². The van der Waals surface area contributed by atoms with Crippen molar-refractivity contribution in [2.45, 2.75) is 19.4 Å². The van der Waals surface area contributed by atoms with Gasteiger partial charge in [0.25, 0.3) is 0 Å². The highest BCUT2D eigenvalue weighted by Gasteiger charge is 2.24. The third-order valence-corrected chi connectivity index (χ3v) is 3.12. The molecule has 0 fully saturated rings. The molecule has 0 saturated carbocycles. The number of hydrogen-bond acceptors (Lipinski definition) is 5. The summed E-state index contributed by atoms with van der Waals surface area (Å²) in [5.74, 6) is 0.103. The van der Waals surface area contributed by atoms with E-state index in [2.05, 4.69) is 16.6 Å². The number of hydrogen-bond donors (Lipinski definition) is 1. The molecule has 21 heavy (non-hydrogen) atoms. The molecule has 0 spiro atoms. The molecule has 1 rings (SSSR count). The van der Waals surface area contributed by atoms with Crippen LogP contribution in [0.2, 0.25) is 0 Å². The second-order valence-electron chi connectivity index (χ2n) is 4.57. The van der Waals surface area contributed by atoms with E-state index in [0.29, 0.717) is 17.9 Å². The molecular formula is C16H21NO4. The summed E-state index contributed by atoms with van der Waals surface area (Å²) < 4.78 is 9.76. The normalized spacial score (nSPS) is 11.6. The number of ether oxygens (including phenoxy) is 2. The van der Waals surface area contributed by atoms with Crippen LogP contribution in [0.5, 0.6) is 5.75 Å². The largest absolute Gasteiger partial charge is 0.497 e. The smallest absolute Gasteiger partial charge is 0.307 e. The van der Waals surface area contributed by atoms with Gasteiger partial charge in [0.1, 0.15) is 5.75 Å². The van der Waals surface area contributed by atoms with Gasteiger partial charge < -0.3 is 14.8 Å². The third kappa shape index (κ3) is 4.72. The summed E-state index contributed by atoms with van der Waals surface area (Å²) in [7, 11) is 2.87. The van der Waals surface area contributed by atoms with Crippen molar-refractivity contribution in [1.29, 1.82) is 0 Å². The van der Waals surface area contributed by atoms with E-state index < -0.39 is 12.0 Å². The van der Waals surface area contributed by atoms with Crippen molar-refractivity contribution >= 4 is 11.8 Å². The lowest BCUT2D eigenvalue weighted by Gasteiger charge is -2.17. The van der Waals surface area contributed by atoms with Crippen molar-refractivity contribution in [2.75, 3.05) is 20.8 Å². The first-order valence-electron chi connectivity index (χ1n) is 6.63. The maximum Gasteiger partial charge on any atom is 0.307 e. The van der Waals surface area contributed by atoms with Crippen LogP contribution in [-0.4, -0.2) is 38.6 Å². The first kappa shape index (κ1) is 16.9. The van der Waals surface area contributed by atoms with E-state index >= 15 is 0 Å². The van der Waals surface area contributed by atoms with E-state index in [4.69, 9.17) is 4.74 Å². The average molecular weight is 291 g/mol. The molecule has 0 amide bonds. The Balaban J connectivity index is 2.97. The molecule has 5 heteroatoms. The van der Waals surface area contributed by atoms with Gasteiger partial charge in [0.05, 0.1) is 26.7 Å². The van der Waals surface area contributed by atoms with Crippen LogP contribution in [0, 0.1) is 6.92 Å². The molecule has 0 aliphatic rings. The molecule has 1 aromatic rings. The molecule has 0 aliphatic carbocycles. The highest BCUT2D eigenvalue weighted by molar-refractivity contribution is 6.03. The van der Waals surface area contributed by atoms with Gasteiger partial charge in [0.15, 0.2) is 5.78 Å². The molecule has 0 heterocycles. The van der Waals surface area contributed by atoms with Crippen molar-refractivity contribution in [3.8, 4) is 5.75 Å². The number of rotatable bonds is 8. The van der Waals surface area contributed by atoms with Crippen molar-refractivity contribution in [1.82, 2.24) is 5.32 Å². The molecule has 114 valence electrons. The summed E-state index contributed by atoms with van der Waals surface area (Å²) in [4.78, 5) is 24.0. The Bertz CT molecular complexity index is 525. The zero-order valence-electron chi connectivity index (χ0n) is 12.6. The Kier molecular flexibility index (Phi) is 6.62. The quantitative estimate of drug-likeness (QED) is 0.450. The molecule has 5 nitrogen and oxygen atoms in total. The minimum Gasteiger partial charge on any atom is -0.497 e. The molecule has 1 atom stereocenters. The summed E-state index contributed by atoms with van der Waals surface area (Å²) in [6.07, 6.45) is 1.62. The molecular weight excluding hydrogens is 270 g/mol. The summed E-state index contributed by atoms with van der Waals surface area (Å²) in [5.41, 5.74) is 1.36. The van der Waals surface area contributed by atoms with Crippen molar-refractivity contribution in [3.63, 3.8) is 0 Å². The van der Waals surface area contributed by atoms with Crippen LogP contribution < -0.4 is 10.1 Å². The molecule has 1 aromatic carbocycles. The first-order valence-corrected chi connectivity index (χ1v) is 6.63. The lowest BCUT2D eigenvalue weighted by molar-refractivity contribution is -0.140. The summed E-state index contributed by atoms with van der Waals surface area (Å²) in [6, 6.07) is 4.58. The predicted octanol–water partition coefficient (Wildman–Crippen LogP) is 1.89. The number of aryl methyl sites for hydroxylation is 1. The number of nitrogens with one attached hydrogen (secondary N) is 1. The van der Waals surface area contributed by atoms with E-state index in [1.165, 1.54) is 7.11 Å². The zero-order valence-corrected chi connectivity index (χ0v) is 12.6. The molecule has 0 aliphatic heterocycles. The molecule has 0 radical (unpaired) electrons.